The average molecular weight is 375 g/mol. The summed E-state index contributed by atoms with van der Waals surface area (Å²) < 4.78 is 0. The van der Waals surface area contributed by atoms with Crippen molar-refractivity contribution in [3.05, 3.63) is 53.6 Å². The molecule has 1 aliphatic heterocycles. The number of hydrogen-bond donors (Lipinski definition) is 1. The monoisotopic (exact) mass is 374 g/mol. The van der Waals surface area contributed by atoms with Crippen molar-refractivity contribution in [2.24, 2.45) is 0 Å². The number of halogens is 1. The molecular weight excluding hydrogens is 360 g/mol. The summed E-state index contributed by atoms with van der Waals surface area (Å²) in [4.78, 5) is 5.75. The number of anilines is 3. The number of amidine groups is 1. The highest BCUT2D eigenvalue weighted by molar-refractivity contribution is 7.84. The topological polar surface area (TPSA) is 33.6 Å². The van der Waals surface area contributed by atoms with Crippen LogP contribution in [0.15, 0.2) is 48.5 Å². The second kappa shape index (κ2) is 6.47. The van der Waals surface area contributed by atoms with Crippen molar-refractivity contribution in [2.45, 2.75) is 0 Å². The maximum Gasteiger partial charge on any atom is 0.192 e. The van der Waals surface area contributed by atoms with E-state index in [1.807, 2.05) is 55.4 Å². The predicted octanol–water partition coefficient (Wildman–Crippen LogP) is 4.32. The van der Waals surface area contributed by atoms with Gasteiger partial charge in [0.1, 0.15) is 0 Å². The first kappa shape index (κ1) is 16.8. The van der Waals surface area contributed by atoms with Gasteiger partial charge in [0.2, 0.25) is 0 Å². The van der Waals surface area contributed by atoms with Gasteiger partial charge in [-0.3, -0.25) is 15.2 Å². The summed E-state index contributed by atoms with van der Waals surface area (Å²) in [5.74, 6) is 0.175. The second-order valence-corrected chi connectivity index (χ2v) is 6.69. The molecule has 122 valence electrons. The van der Waals surface area contributed by atoms with Gasteiger partial charge < -0.3 is 4.90 Å². The molecule has 1 saturated heterocycles. The Morgan fingerprint density at radius 1 is 0.958 bits per heavy atom. The van der Waals surface area contributed by atoms with Crippen LogP contribution in [0.1, 0.15) is 0 Å². The second-order valence-electron chi connectivity index (χ2n) is 5.50. The molecule has 2 aromatic carbocycles. The Kier molecular flexibility index (Phi) is 4.54. The third kappa shape index (κ3) is 2.88. The van der Waals surface area contributed by atoms with E-state index in [-0.39, 0.29) is 5.84 Å². The standard InChI is InChI=1S/C17H15ClN4S2/c1-20(2)12-6-8-13(9-7-12)22-16(23)15(19)21(17(22)24)14-5-3-4-11(18)10-14/h3-10,19H,1-2H3. The van der Waals surface area contributed by atoms with Gasteiger partial charge in [-0.15, -0.1) is 0 Å². The zero-order valence-electron chi connectivity index (χ0n) is 13.2. The first-order valence-electron chi connectivity index (χ1n) is 7.20. The first-order valence-corrected chi connectivity index (χ1v) is 8.39. The fourth-order valence-electron chi connectivity index (χ4n) is 2.47. The SMILES string of the molecule is CN(C)c1ccc(N2C(=S)C(=N)N(c3cccc(Cl)c3)C2=S)cc1. The highest BCUT2D eigenvalue weighted by Crippen LogP contribution is 2.30. The molecule has 3 rings (SSSR count). The van der Waals surface area contributed by atoms with Crippen LogP contribution in [0.25, 0.3) is 0 Å². The maximum atomic E-state index is 8.34. The van der Waals surface area contributed by atoms with Crippen molar-refractivity contribution >= 4 is 69.0 Å². The van der Waals surface area contributed by atoms with Crippen LogP contribution in [0.4, 0.5) is 17.1 Å². The number of nitrogens with one attached hydrogen (secondary N) is 1. The minimum absolute atomic E-state index is 0.175. The summed E-state index contributed by atoms with van der Waals surface area (Å²) >= 11 is 17.1. The van der Waals surface area contributed by atoms with Gasteiger partial charge in [0.25, 0.3) is 0 Å². The molecule has 1 fully saturated rings. The van der Waals surface area contributed by atoms with E-state index in [9.17, 15) is 0 Å². The van der Waals surface area contributed by atoms with E-state index in [1.165, 1.54) is 0 Å². The quantitative estimate of drug-likeness (QED) is 0.809. The fraction of sp³-hybridized carbons (Fsp3) is 0.118. The zero-order valence-corrected chi connectivity index (χ0v) is 15.5. The lowest BCUT2D eigenvalue weighted by Crippen LogP contribution is -2.32. The molecule has 4 nitrogen and oxygen atoms in total. The molecule has 1 aliphatic rings. The fourth-order valence-corrected chi connectivity index (χ4v) is 3.39. The Morgan fingerprint density at radius 2 is 1.62 bits per heavy atom. The van der Waals surface area contributed by atoms with Crippen LogP contribution in [-0.2, 0) is 0 Å². The smallest absolute Gasteiger partial charge is 0.192 e. The maximum absolute atomic E-state index is 8.34. The summed E-state index contributed by atoms with van der Waals surface area (Å²) in [6.07, 6.45) is 0. The zero-order chi connectivity index (χ0) is 17.4. The van der Waals surface area contributed by atoms with Crippen LogP contribution in [0.3, 0.4) is 0 Å². The number of nitrogens with zero attached hydrogens (tertiary/aromatic N) is 3. The molecule has 0 aromatic heterocycles. The Balaban J connectivity index is 1.97. The molecule has 24 heavy (non-hydrogen) atoms. The molecule has 0 radical (unpaired) electrons. The van der Waals surface area contributed by atoms with E-state index in [1.54, 1.807) is 21.9 Å². The van der Waals surface area contributed by atoms with E-state index >= 15 is 0 Å². The summed E-state index contributed by atoms with van der Waals surface area (Å²) in [5, 5.41) is 9.38. The van der Waals surface area contributed by atoms with Crippen LogP contribution < -0.4 is 14.7 Å². The summed E-state index contributed by atoms with van der Waals surface area (Å²) in [7, 11) is 3.97. The average Bonchev–Trinajstić information content (AvgIpc) is 2.77. The van der Waals surface area contributed by atoms with E-state index in [2.05, 4.69) is 0 Å². The van der Waals surface area contributed by atoms with Gasteiger partial charge in [0.15, 0.2) is 15.9 Å². The van der Waals surface area contributed by atoms with Crippen LogP contribution in [0.5, 0.6) is 0 Å². The number of benzene rings is 2. The lowest BCUT2D eigenvalue weighted by atomic mass is 10.2. The summed E-state index contributed by atoms with van der Waals surface area (Å²) in [6.45, 7) is 0. The van der Waals surface area contributed by atoms with E-state index < -0.39 is 0 Å². The third-order valence-electron chi connectivity index (χ3n) is 3.70. The summed E-state index contributed by atoms with van der Waals surface area (Å²) in [6, 6.07) is 15.1. The number of thiocarbonyl (C=S) groups is 2. The van der Waals surface area contributed by atoms with Gasteiger partial charge in [-0.2, -0.15) is 0 Å². The van der Waals surface area contributed by atoms with Crippen molar-refractivity contribution in [1.82, 2.24) is 0 Å². The molecule has 0 unspecified atom stereocenters. The van der Waals surface area contributed by atoms with Crippen LogP contribution in [-0.4, -0.2) is 30.0 Å². The Morgan fingerprint density at radius 3 is 2.21 bits per heavy atom. The largest absolute Gasteiger partial charge is 0.378 e. The van der Waals surface area contributed by atoms with Crippen molar-refractivity contribution < 1.29 is 0 Å². The molecule has 1 heterocycles. The molecule has 0 amide bonds. The van der Waals surface area contributed by atoms with Gasteiger partial charge in [0.05, 0.1) is 5.69 Å². The Hall–Kier alpha value is -2.02. The van der Waals surface area contributed by atoms with E-state index in [0.717, 1.165) is 17.1 Å². The van der Waals surface area contributed by atoms with Gasteiger partial charge in [-0.1, -0.05) is 29.9 Å². The minimum atomic E-state index is 0.175. The summed E-state index contributed by atoms with van der Waals surface area (Å²) in [5.41, 5.74) is 2.65. The van der Waals surface area contributed by atoms with Crippen molar-refractivity contribution in [3.63, 3.8) is 0 Å². The third-order valence-corrected chi connectivity index (χ3v) is 4.68. The molecule has 2 aromatic rings. The van der Waals surface area contributed by atoms with E-state index in [4.69, 9.17) is 41.4 Å². The normalized spacial score (nSPS) is 14.5. The predicted molar refractivity (Wildman–Crippen MR) is 110 cm³/mol. The van der Waals surface area contributed by atoms with Gasteiger partial charge in [-0.25, -0.2) is 0 Å². The van der Waals surface area contributed by atoms with Crippen LogP contribution in [0.2, 0.25) is 5.02 Å². The number of rotatable bonds is 3. The molecule has 0 atom stereocenters. The molecule has 1 N–H and O–H groups in total. The van der Waals surface area contributed by atoms with Crippen LogP contribution >= 0.6 is 36.0 Å². The lowest BCUT2D eigenvalue weighted by Gasteiger charge is -2.21. The first-order chi connectivity index (χ1) is 11.4. The van der Waals surface area contributed by atoms with E-state index in [0.29, 0.717) is 15.1 Å². The van der Waals surface area contributed by atoms with Gasteiger partial charge >= 0.3 is 0 Å². The molecule has 0 saturated carbocycles. The molecule has 0 aliphatic carbocycles. The Labute approximate surface area is 156 Å². The highest BCUT2D eigenvalue weighted by atomic mass is 35.5. The lowest BCUT2D eigenvalue weighted by molar-refractivity contribution is 1.13. The van der Waals surface area contributed by atoms with Crippen LogP contribution in [0, 0.1) is 5.41 Å². The molecule has 0 bridgehead atoms. The minimum Gasteiger partial charge on any atom is -0.378 e. The van der Waals surface area contributed by atoms with Crippen molar-refractivity contribution in [1.29, 1.82) is 5.41 Å². The molecule has 7 heteroatoms. The molecule has 0 spiro atoms. The Bertz CT molecular complexity index is 833. The van der Waals surface area contributed by atoms with Gasteiger partial charge in [-0.05, 0) is 54.7 Å². The molecular formula is C17H15ClN4S2. The highest BCUT2D eigenvalue weighted by Gasteiger charge is 2.37. The van der Waals surface area contributed by atoms with Crippen molar-refractivity contribution in [2.75, 3.05) is 28.8 Å². The van der Waals surface area contributed by atoms with Crippen molar-refractivity contribution in [3.8, 4) is 0 Å². The van der Waals surface area contributed by atoms with Gasteiger partial charge in [0, 0.05) is 30.5 Å². The number of hydrogen-bond acceptors (Lipinski definition) is 4.